The summed E-state index contributed by atoms with van der Waals surface area (Å²) in [4.78, 5) is 34.8. The van der Waals surface area contributed by atoms with Gasteiger partial charge in [-0.15, -0.1) is 0 Å². The fourth-order valence-corrected chi connectivity index (χ4v) is 8.13. The minimum absolute atomic E-state index is 0.0451. The third kappa shape index (κ3) is 2.83. The molecule has 0 aromatic carbocycles. The zero-order chi connectivity index (χ0) is 20.4. The number of fused-ring (bicyclic) bond motifs is 4. The smallest absolute Gasteiger partial charge is 0.306 e. The molecule has 0 aliphatic heterocycles. The summed E-state index contributed by atoms with van der Waals surface area (Å²) in [6, 6.07) is 0. The van der Waals surface area contributed by atoms with Crippen LogP contribution in [0.1, 0.15) is 77.6 Å². The molecule has 5 heteroatoms. The van der Waals surface area contributed by atoms with Gasteiger partial charge in [0.1, 0.15) is 11.9 Å². The van der Waals surface area contributed by atoms with E-state index in [0.717, 1.165) is 44.4 Å². The highest BCUT2D eigenvalue weighted by atomic mass is 16.5. The molecule has 1 spiro atoms. The maximum absolute atomic E-state index is 12.1. The summed E-state index contributed by atoms with van der Waals surface area (Å²) in [6.45, 7) is 2.43. The van der Waals surface area contributed by atoms with Crippen LogP contribution in [0.4, 0.5) is 0 Å². The van der Waals surface area contributed by atoms with E-state index < -0.39 is 5.97 Å². The Kier molecular flexibility index (Phi) is 4.45. The lowest BCUT2D eigenvalue weighted by Gasteiger charge is -2.61. The van der Waals surface area contributed by atoms with Gasteiger partial charge in [0.25, 0.3) is 0 Å². The van der Waals surface area contributed by atoms with Gasteiger partial charge in [-0.05, 0) is 73.5 Å². The number of carbonyl (C=O) groups excluding carboxylic acids is 2. The van der Waals surface area contributed by atoms with Crippen molar-refractivity contribution >= 4 is 17.7 Å². The lowest BCUT2D eigenvalue weighted by atomic mass is 9.43. The lowest BCUT2D eigenvalue weighted by Crippen LogP contribution is -2.56. The monoisotopic (exact) mass is 400 g/mol. The van der Waals surface area contributed by atoms with Crippen molar-refractivity contribution in [3.63, 3.8) is 0 Å². The maximum Gasteiger partial charge on any atom is 0.306 e. The number of ketones is 1. The van der Waals surface area contributed by atoms with E-state index in [4.69, 9.17) is 9.84 Å². The van der Waals surface area contributed by atoms with Crippen LogP contribution in [0.15, 0.2) is 11.6 Å². The first-order valence-corrected chi connectivity index (χ1v) is 11.5. The summed E-state index contributed by atoms with van der Waals surface area (Å²) in [7, 11) is 0. The van der Waals surface area contributed by atoms with E-state index >= 15 is 0 Å². The second kappa shape index (κ2) is 6.68. The predicted octanol–water partition coefficient (Wildman–Crippen LogP) is 4.29. The highest BCUT2D eigenvalue weighted by molar-refractivity contribution is 5.89. The molecule has 5 nitrogen and oxygen atoms in total. The molecule has 0 saturated heterocycles. The number of esters is 1. The van der Waals surface area contributed by atoms with Crippen LogP contribution < -0.4 is 0 Å². The first-order valence-electron chi connectivity index (χ1n) is 11.5. The van der Waals surface area contributed by atoms with Crippen LogP contribution in [0.2, 0.25) is 0 Å². The van der Waals surface area contributed by atoms with Gasteiger partial charge >= 0.3 is 11.9 Å². The van der Waals surface area contributed by atoms with Crippen molar-refractivity contribution in [2.24, 2.45) is 34.5 Å². The third-order valence-electron chi connectivity index (χ3n) is 9.51. The SMILES string of the molecule is CC12CCC(OC(=O)CCC(=O)O)CC1=CCC1C2CCC23CC(=O)C2CCC13. The second-order valence-electron chi connectivity index (χ2n) is 10.6. The van der Waals surface area contributed by atoms with Crippen LogP contribution in [0.3, 0.4) is 0 Å². The van der Waals surface area contributed by atoms with E-state index in [9.17, 15) is 14.4 Å². The Hall–Kier alpha value is -1.65. The van der Waals surface area contributed by atoms with Crippen molar-refractivity contribution in [3.8, 4) is 0 Å². The summed E-state index contributed by atoms with van der Waals surface area (Å²) in [6.07, 6.45) is 11.6. The fraction of sp³-hybridized carbons (Fsp3) is 0.792. The fourth-order valence-electron chi connectivity index (χ4n) is 8.13. The molecule has 7 atom stereocenters. The number of hydrogen-bond acceptors (Lipinski definition) is 4. The molecular formula is C24H32O5. The molecule has 158 valence electrons. The zero-order valence-corrected chi connectivity index (χ0v) is 17.3. The number of allylic oxidation sites excluding steroid dienone is 1. The summed E-state index contributed by atoms with van der Waals surface area (Å²) in [5, 5.41) is 8.75. The molecule has 0 aromatic rings. The standard InChI is InChI=1S/C24H32O5/c1-23-10-8-15(29-22(28)7-6-21(26)27)12-14(23)2-3-16-17(23)9-11-24-13-20(25)19(24)5-4-18(16)24/h2,15-19H,3-13H2,1H3,(H,26,27). The Morgan fingerprint density at radius 2 is 1.97 bits per heavy atom. The van der Waals surface area contributed by atoms with Crippen LogP contribution in [-0.2, 0) is 19.1 Å². The van der Waals surface area contributed by atoms with Crippen molar-refractivity contribution in [1.29, 1.82) is 0 Å². The molecule has 0 radical (unpaired) electrons. The van der Waals surface area contributed by atoms with E-state index in [1.807, 2.05) is 0 Å². The van der Waals surface area contributed by atoms with Gasteiger partial charge in [-0.25, -0.2) is 0 Å². The van der Waals surface area contributed by atoms with Crippen LogP contribution in [0.5, 0.6) is 0 Å². The zero-order valence-electron chi connectivity index (χ0n) is 17.3. The van der Waals surface area contributed by atoms with E-state index in [1.165, 1.54) is 24.8 Å². The predicted molar refractivity (Wildman–Crippen MR) is 106 cm³/mol. The number of Topliss-reactive ketones (excluding diaryl/α,β-unsaturated/α-hetero) is 1. The van der Waals surface area contributed by atoms with Gasteiger partial charge in [0.05, 0.1) is 12.8 Å². The van der Waals surface area contributed by atoms with Gasteiger partial charge in [0, 0.05) is 18.8 Å². The minimum atomic E-state index is -0.961. The molecule has 4 fully saturated rings. The molecule has 0 heterocycles. The molecule has 5 rings (SSSR count). The molecule has 0 aromatic heterocycles. The minimum Gasteiger partial charge on any atom is -0.481 e. The average Bonchev–Trinajstić information content (AvgIpc) is 2.99. The van der Waals surface area contributed by atoms with Gasteiger partial charge in [-0.3, -0.25) is 14.4 Å². The highest BCUT2D eigenvalue weighted by Crippen LogP contribution is 2.70. The van der Waals surface area contributed by atoms with Crippen molar-refractivity contribution in [3.05, 3.63) is 11.6 Å². The van der Waals surface area contributed by atoms with Gasteiger partial charge < -0.3 is 9.84 Å². The third-order valence-corrected chi connectivity index (χ3v) is 9.51. The number of carboxylic acid groups (broad SMARTS) is 1. The molecule has 5 aliphatic carbocycles. The van der Waals surface area contributed by atoms with E-state index in [0.29, 0.717) is 29.0 Å². The highest BCUT2D eigenvalue weighted by Gasteiger charge is 2.66. The quantitative estimate of drug-likeness (QED) is 0.562. The number of rotatable bonds is 4. The molecule has 0 amide bonds. The maximum atomic E-state index is 12.1. The van der Waals surface area contributed by atoms with Crippen molar-refractivity contribution in [2.45, 2.75) is 83.7 Å². The van der Waals surface area contributed by atoms with Crippen LogP contribution in [-0.4, -0.2) is 28.9 Å². The molecule has 4 saturated carbocycles. The van der Waals surface area contributed by atoms with E-state index in [1.54, 1.807) is 0 Å². The van der Waals surface area contributed by atoms with E-state index in [-0.39, 0.29) is 30.3 Å². The number of hydrogen-bond donors (Lipinski definition) is 1. The van der Waals surface area contributed by atoms with Gasteiger partial charge in [-0.2, -0.15) is 0 Å². The molecule has 1 N–H and O–H groups in total. The van der Waals surface area contributed by atoms with Crippen LogP contribution in [0.25, 0.3) is 0 Å². The van der Waals surface area contributed by atoms with Crippen LogP contribution in [0, 0.1) is 34.5 Å². The average molecular weight is 401 g/mol. The summed E-state index contributed by atoms with van der Waals surface area (Å²) in [5.74, 6) is 1.67. The van der Waals surface area contributed by atoms with Crippen molar-refractivity contribution in [1.82, 2.24) is 0 Å². The second-order valence-corrected chi connectivity index (χ2v) is 10.6. The largest absolute Gasteiger partial charge is 0.481 e. The number of ether oxygens (including phenoxy) is 1. The molecule has 5 aliphatic rings. The Balaban J connectivity index is 1.28. The van der Waals surface area contributed by atoms with Crippen LogP contribution >= 0.6 is 0 Å². The van der Waals surface area contributed by atoms with Gasteiger partial charge in [0.2, 0.25) is 0 Å². The summed E-state index contributed by atoms with van der Waals surface area (Å²) < 4.78 is 5.61. The first kappa shape index (κ1) is 19.3. The molecule has 29 heavy (non-hydrogen) atoms. The Labute approximate surface area is 172 Å². The normalized spacial score (nSPS) is 45.1. The topological polar surface area (TPSA) is 80.7 Å². The van der Waals surface area contributed by atoms with E-state index in [2.05, 4.69) is 13.0 Å². The van der Waals surface area contributed by atoms with Crippen molar-refractivity contribution < 1.29 is 24.2 Å². The number of carboxylic acids is 1. The molecular weight excluding hydrogens is 368 g/mol. The molecule has 0 bridgehead atoms. The Morgan fingerprint density at radius 1 is 1.14 bits per heavy atom. The lowest BCUT2D eigenvalue weighted by molar-refractivity contribution is -0.157. The summed E-state index contributed by atoms with van der Waals surface area (Å²) in [5.41, 5.74) is 1.99. The van der Waals surface area contributed by atoms with Gasteiger partial charge in [0.15, 0.2) is 0 Å². The Bertz CT molecular complexity index is 784. The van der Waals surface area contributed by atoms with Gasteiger partial charge in [-0.1, -0.05) is 18.6 Å². The Morgan fingerprint density at radius 3 is 2.72 bits per heavy atom. The molecule has 7 unspecified atom stereocenters. The first-order chi connectivity index (χ1) is 13.8. The number of aliphatic carboxylic acids is 1. The summed E-state index contributed by atoms with van der Waals surface area (Å²) >= 11 is 0. The van der Waals surface area contributed by atoms with Crippen molar-refractivity contribution in [2.75, 3.05) is 0 Å². The number of carbonyl (C=O) groups is 3.